The van der Waals surface area contributed by atoms with Crippen molar-refractivity contribution >= 4 is 22.9 Å². The molecule has 1 heterocycles. The molecule has 3 aromatic carbocycles. The van der Waals surface area contributed by atoms with Gasteiger partial charge in [-0.25, -0.2) is 10.4 Å². The molecule has 184 valence electrons. The van der Waals surface area contributed by atoms with E-state index in [4.69, 9.17) is 9.47 Å². The van der Waals surface area contributed by atoms with E-state index in [0.29, 0.717) is 22.8 Å². The minimum absolute atomic E-state index is 0.148. The maximum absolute atomic E-state index is 12.3. The summed E-state index contributed by atoms with van der Waals surface area (Å²) < 4.78 is 51.8. The smallest absolute Gasteiger partial charge is 0.488 e. The number of aromatic nitrogens is 1. The number of pyridine rings is 1. The Hall–Kier alpha value is -4.60. The predicted molar refractivity (Wildman–Crippen MR) is 127 cm³/mol. The second-order valence-electron chi connectivity index (χ2n) is 7.46. The third kappa shape index (κ3) is 6.29. The van der Waals surface area contributed by atoms with Gasteiger partial charge in [-0.05, 0) is 41.3 Å². The molecule has 4 aromatic rings. The van der Waals surface area contributed by atoms with E-state index < -0.39 is 12.3 Å². The average Bonchev–Trinajstić information content (AvgIpc) is 2.88. The first-order valence-electron chi connectivity index (χ1n) is 10.6. The molecule has 0 aliphatic rings. The van der Waals surface area contributed by atoms with E-state index in [1.54, 1.807) is 18.2 Å². The number of halogens is 3. The summed E-state index contributed by atoms with van der Waals surface area (Å²) in [5, 5.41) is 5.71. The van der Waals surface area contributed by atoms with Gasteiger partial charge in [0.15, 0.2) is 0 Å². The summed E-state index contributed by atoms with van der Waals surface area (Å²) >= 11 is 0. The summed E-state index contributed by atoms with van der Waals surface area (Å²) in [5.41, 5.74) is 4.26. The molecule has 7 nitrogen and oxygen atoms in total. The number of alkyl halides is 3. The molecular weight excluding hydrogens is 475 g/mol. The minimum atomic E-state index is -4.74. The van der Waals surface area contributed by atoms with E-state index in [1.807, 2.05) is 24.3 Å². The van der Waals surface area contributed by atoms with Crippen molar-refractivity contribution in [2.75, 3.05) is 7.11 Å². The van der Waals surface area contributed by atoms with Gasteiger partial charge in [-0.3, -0.25) is 4.79 Å². The van der Waals surface area contributed by atoms with Crippen molar-refractivity contribution in [3.63, 3.8) is 0 Å². The second kappa shape index (κ2) is 10.8. The highest BCUT2D eigenvalue weighted by molar-refractivity contribution is 6.03. The van der Waals surface area contributed by atoms with Crippen molar-refractivity contribution in [3.8, 4) is 17.4 Å². The Morgan fingerprint density at radius 3 is 2.50 bits per heavy atom. The van der Waals surface area contributed by atoms with Crippen LogP contribution < -0.4 is 19.6 Å². The van der Waals surface area contributed by atoms with Gasteiger partial charge in [0, 0.05) is 28.8 Å². The maximum Gasteiger partial charge on any atom is 0.573 e. The van der Waals surface area contributed by atoms with Crippen LogP contribution in [-0.2, 0) is 6.61 Å². The Bertz CT molecular complexity index is 1390. The number of hydrazone groups is 1. The average molecular weight is 495 g/mol. The number of carbonyl (C=O) groups excluding carboxylic acids is 1. The van der Waals surface area contributed by atoms with Crippen LogP contribution in [-0.4, -0.2) is 30.6 Å². The van der Waals surface area contributed by atoms with Crippen LogP contribution in [0.5, 0.6) is 17.4 Å². The third-order valence-corrected chi connectivity index (χ3v) is 5.04. The molecule has 0 saturated carbocycles. The highest BCUT2D eigenvalue weighted by Crippen LogP contribution is 2.29. The molecule has 36 heavy (non-hydrogen) atoms. The van der Waals surface area contributed by atoms with Gasteiger partial charge in [-0.1, -0.05) is 36.4 Å². The number of carbonyl (C=O) groups is 1. The molecule has 0 saturated heterocycles. The van der Waals surface area contributed by atoms with E-state index >= 15 is 0 Å². The fraction of sp³-hybridized carbons (Fsp3) is 0.115. The predicted octanol–water partition coefficient (Wildman–Crippen LogP) is 5.48. The van der Waals surface area contributed by atoms with Crippen LogP contribution in [0.15, 0.2) is 84.1 Å². The largest absolute Gasteiger partial charge is 0.573 e. The van der Waals surface area contributed by atoms with E-state index in [9.17, 15) is 18.0 Å². The number of ether oxygens (including phenoxy) is 3. The molecular formula is C26H20F3N3O4. The van der Waals surface area contributed by atoms with Crippen molar-refractivity contribution in [1.29, 1.82) is 0 Å². The molecule has 0 aliphatic carbocycles. The zero-order valence-electron chi connectivity index (χ0n) is 19.0. The van der Waals surface area contributed by atoms with Gasteiger partial charge in [0.2, 0.25) is 5.88 Å². The first kappa shape index (κ1) is 24.5. The summed E-state index contributed by atoms with van der Waals surface area (Å²) in [6.45, 7) is 0.148. The number of benzene rings is 3. The van der Waals surface area contributed by atoms with Crippen LogP contribution in [0.3, 0.4) is 0 Å². The van der Waals surface area contributed by atoms with Crippen molar-refractivity contribution in [2.24, 2.45) is 5.10 Å². The quantitative estimate of drug-likeness (QED) is 0.258. The van der Waals surface area contributed by atoms with Gasteiger partial charge in [0.25, 0.3) is 5.91 Å². The molecule has 0 unspecified atom stereocenters. The lowest BCUT2D eigenvalue weighted by Gasteiger charge is -2.12. The van der Waals surface area contributed by atoms with Gasteiger partial charge in [-0.15, -0.1) is 13.2 Å². The molecule has 4 rings (SSSR count). The molecule has 1 amide bonds. The van der Waals surface area contributed by atoms with Gasteiger partial charge in [0.1, 0.15) is 18.1 Å². The number of rotatable bonds is 8. The number of hydrogen-bond acceptors (Lipinski definition) is 6. The molecule has 0 spiro atoms. The van der Waals surface area contributed by atoms with Crippen LogP contribution >= 0.6 is 0 Å². The Kier molecular flexibility index (Phi) is 7.33. The van der Waals surface area contributed by atoms with Gasteiger partial charge < -0.3 is 14.2 Å². The summed E-state index contributed by atoms with van der Waals surface area (Å²) in [6.07, 6.45) is -1.74. The molecule has 0 bridgehead atoms. The second-order valence-corrected chi connectivity index (χ2v) is 7.46. The van der Waals surface area contributed by atoms with Crippen molar-refractivity contribution in [1.82, 2.24) is 10.4 Å². The first-order chi connectivity index (χ1) is 17.3. The standard InChI is InChI=1S/C26H20F3N3O4/c1-34-24-14-18(12-13-30-24)25(33)32-31-15-19-8-11-23(22-5-3-2-4-21(19)22)35-16-17-6-9-20(10-7-17)36-26(27,28)29/h2-15H,16H2,1H3,(H,32,33)/b31-15+. The van der Waals surface area contributed by atoms with Crippen molar-refractivity contribution in [2.45, 2.75) is 13.0 Å². The molecule has 10 heteroatoms. The van der Waals surface area contributed by atoms with E-state index in [0.717, 1.165) is 16.3 Å². The Balaban J connectivity index is 1.45. The lowest BCUT2D eigenvalue weighted by molar-refractivity contribution is -0.274. The molecule has 1 aromatic heterocycles. The maximum atomic E-state index is 12.3. The number of amides is 1. The number of hydrogen-bond donors (Lipinski definition) is 1. The van der Waals surface area contributed by atoms with Gasteiger partial charge in [-0.2, -0.15) is 5.10 Å². The normalized spacial score (nSPS) is 11.4. The lowest BCUT2D eigenvalue weighted by atomic mass is 10.0. The van der Waals surface area contributed by atoms with Crippen LogP contribution in [0, 0.1) is 0 Å². The molecule has 0 radical (unpaired) electrons. The zero-order chi connectivity index (χ0) is 25.5. The zero-order valence-corrected chi connectivity index (χ0v) is 19.0. The fourth-order valence-corrected chi connectivity index (χ4v) is 3.37. The summed E-state index contributed by atoms with van der Waals surface area (Å²) in [7, 11) is 1.46. The highest BCUT2D eigenvalue weighted by atomic mass is 19.4. The number of fused-ring (bicyclic) bond motifs is 1. The fourth-order valence-electron chi connectivity index (χ4n) is 3.37. The Labute approximate surface area is 204 Å². The Morgan fingerprint density at radius 2 is 1.78 bits per heavy atom. The van der Waals surface area contributed by atoms with E-state index in [2.05, 4.69) is 20.2 Å². The lowest BCUT2D eigenvalue weighted by Crippen LogP contribution is -2.17. The van der Waals surface area contributed by atoms with Crippen molar-refractivity contribution in [3.05, 3.63) is 95.7 Å². The topological polar surface area (TPSA) is 82.0 Å². The van der Waals surface area contributed by atoms with Crippen LogP contribution in [0.2, 0.25) is 0 Å². The number of nitrogens with one attached hydrogen (secondary N) is 1. The van der Waals surface area contributed by atoms with Gasteiger partial charge in [0.05, 0.1) is 13.3 Å². The van der Waals surface area contributed by atoms with Crippen LogP contribution in [0.4, 0.5) is 13.2 Å². The van der Waals surface area contributed by atoms with Crippen molar-refractivity contribution < 1.29 is 32.2 Å². The molecule has 0 aliphatic heterocycles. The summed E-state index contributed by atoms with van der Waals surface area (Å²) in [4.78, 5) is 16.3. The molecule has 1 N–H and O–H groups in total. The summed E-state index contributed by atoms with van der Waals surface area (Å²) in [6, 6.07) is 19.6. The molecule has 0 fully saturated rings. The number of methoxy groups -OCH3 is 1. The van der Waals surface area contributed by atoms with E-state index in [-0.39, 0.29) is 12.4 Å². The van der Waals surface area contributed by atoms with E-state index in [1.165, 1.54) is 49.9 Å². The monoisotopic (exact) mass is 495 g/mol. The summed E-state index contributed by atoms with van der Waals surface area (Å²) in [5.74, 6) is 0.198. The Morgan fingerprint density at radius 1 is 1.03 bits per heavy atom. The van der Waals surface area contributed by atoms with Gasteiger partial charge >= 0.3 is 6.36 Å². The number of nitrogens with zero attached hydrogens (tertiary/aromatic N) is 2. The minimum Gasteiger partial charge on any atom is -0.488 e. The SMILES string of the molecule is COc1cc(C(=O)N/N=C/c2ccc(OCc3ccc(OC(F)(F)F)cc3)c3ccccc23)ccn1. The first-order valence-corrected chi connectivity index (χ1v) is 10.6. The highest BCUT2D eigenvalue weighted by Gasteiger charge is 2.30. The third-order valence-electron chi connectivity index (χ3n) is 5.04. The van der Waals surface area contributed by atoms with Crippen LogP contribution in [0.25, 0.3) is 10.8 Å². The molecule has 0 atom stereocenters. The van der Waals surface area contributed by atoms with Crippen LogP contribution in [0.1, 0.15) is 21.5 Å².